The Kier molecular flexibility index (Phi) is 3.83. The third-order valence-corrected chi connectivity index (χ3v) is 2.79. The lowest BCUT2D eigenvalue weighted by molar-refractivity contribution is -0.114. The van der Waals surface area contributed by atoms with Gasteiger partial charge in [-0.3, -0.25) is 4.79 Å². The fraction of sp³-hybridized carbons (Fsp3) is 0.0909. The molecule has 0 fully saturated rings. The molecule has 7 heteroatoms. The van der Waals surface area contributed by atoms with E-state index in [0.29, 0.717) is 5.13 Å². The number of amides is 1. The normalized spacial score (nSPS) is 10.1. The van der Waals surface area contributed by atoms with Crippen molar-refractivity contribution in [1.29, 1.82) is 0 Å². The van der Waals surface area contributed by atoms with Crippen molar-refractivity contribution in [3.63, 3.8) is 0 Å². The van der Waals surface area contributed by atoms with E-state index in [2.05, 4.69) is 15.6 Å². The van der Waals surface area contributed by atoms with Gasteiger partial charge in [-0.1, -0.05) is 6.07 Å². The number of thiazole rings is 1. The minimum absolute atomic E-state index is 0.110. The van der Waals surface area contributed by atoms with Gasteiger partial charge in [0.1, 0.15) is 17.3 Å². The molecule has 18 heavy (non-hydrogen) atoms. The first-order chi connectivity index (χ1) is 8.66. The number of aromatic nitrogens is 1. The quantitative estimate of drug-likeness (QED) is 0.896. The van der Waals surface area contributed by atoms with Crippen molar-refractivity contribution in [3.05, 3.63) is 41.4 Å². The lowest BCUT2D eigenvalue weighted by Crippen LogP contribution is -2.22. The molecule has 0 atom stereocenters. The van der Waals surface area contributed by atoms with E-state index in [1.807, 2.05) is 0 Å². The van der Waals surface area contributed by atoms with E-state index in [0.717, 1.165) is 12.1 Å². The number of para-hydroxylation sites is 1. The van der Waals surface area contributed by atoms with Crippen LogP contribution in [0.1, 0.15) is 0 Å². The Morgan fingerprint density at radius 1 is 1.33 bits per heavy atom. The van der Waals surface area contributed by atoms with Crippen LogP contribution in [0.25, 0.3) is 0 Å². The lowest BCUT2D eigenvalue weighted by atomic mass is 10.3. The highest BCUT2D eigenvalue weighted by molar-refractivity contribution is 7.13. The van der Waals surface area contributed by atoms with Crippen LogP contribution in [0.3, 0.4) is 0 Å². The average molecular weight is 269 g/mol. The predicted molar refractivity (Wildman–Crippen MR) is 65.6 cm³/mol. The van der Waals surface area contributed by atoms with Crippen molar-refractivity contribution in [2.75, 3.05) is 17.2 Å². The van der Waals surface area contributed by atoms with Crippen molar-refractivity contribution in [2.45, 2.75) is 0 Å². The van der Waals surface area contributed by atoms with E-state index in [-0.39, 0.29) is 6.54 Å². The first kappa shape index (κ1) is 12.4. The Labute approximate surface area is 106 Å². The van der Waals surface area contributed by atoms with Crippen LogP contribution in [-0.4, -0.2) is 17.4 Å². The Morgan fingerprint density at radius 2 is 2.06 bits per heavy atom. The van der Waals surface area contributed by atoms with Crippen molar-refractivity contribution >= 4 is 28.1 Å². The van der Waals surface area contributed by atoms with Crippen molar-refractivity contribution < 1.29 is 13.6 Å². The van der Waals surface area contributed by atoms with Gasteiger partial charge >= 0.3 is 0 Å². The summed E-state index contributed by atoms with van der Waals surface area (Å²) < 4.78 is 26.5. The SMILES string of the molecule is O=C(CNc1nccs1)Nc1c(F)cccc1F. The van der Waals surface area contributed by atoms with Gasteiger partial charge in [-0.15, -0.1) is 11.3 Å². The molecule has 1 aromatic heterocycles. The number of anilines is 2. The number of hydrogen-bond donors (Lipinski definition) is 2. The first-order valence-electron chi connectivity index (χ1n) is 5.04. The highest BCUT2D eigenvalue weighted by atomic mass is 32.1. The molecule has 0 aliphatic rings. The molecule has 1 aromatic carbocycles. The van der Waals surface area contributed by atoms with Crippen molar-refractivity contribution in [3.8, 4) is 0 Å². The number of carbonyl (C=O) groups is 1. The number of hydrogen-bond acceptors (Lipinski definition) is 4. The number of nitrogens with zero attached hydrogens (tertiary/aromatic N) is 1. The molecule has 94 valence electrons. The van der Waals surface area contributed by atoms with Crippen LogP contribution in [0.2, 0.25) is 0 Å². The maximum Gasteiger partial charge on any atom is 0.243 e. The van der Waals surface area contributed by atoms with E-state index in [4.69, 9.17) is 0 Å². The molecule has 1 amide bonds. The molecular weight excluding hydrogens is 260 g/mol. The Balaban J connectivity index is 1.95. The summed E-state index contributed by atoms with van der Waals surface area (Å²) in [6.45, 7) is -0.110. The van der Waals surface area contributed by atoms with Gasteiger partial charge in [0, 0.05) is 11.6 Å². The Morgan fingerprint density at radius 3 is 2.67 bits per heavy atom. The minimum Gasteiger partial charge on any atom is -0.352 e. The molecule has 2 N–H and O–H groups in total. The number of rotatable bonds is 4. The van der Waals surface area contributed by atoms with Crippen LogP contribution in [0.4, 0.5) is 19.6 Å². The van der Waals surface area contributed by atoms with E-state index >= 15 is 0 Å². The predicted octanol–water partition coefficient (Wildman–Crippen LogP) is 2.47. The second-order valence-corrected chi connectivity index (χ2v) is 4.23. The van der Waals surface area contributed by atoms with Gasteiger partial charge in [0.25, 0.3) is 0 Å². The molecule has 0 bridgehead atoms. The molecule has 2 aromatic rings. The van der Waals surface area contributed by atoms with Crippen molar-refractivity contribution in [2.24, 2.45) is 0 Å². The highest BCUT2D eigenvalue weighted by Crippen LogP contribution is 2.17. The molecule has 0 spiro atoms. The van der Waals surface area contributed by atoms with Gasteiger partial charge in [0.05, 0.1) is 6.54 Å². The zero-order chi connectivity index (χ0) is 13.0. The monoisotopic (exact) mass is 269 g/mol. The van der Waals surface area contributed by atoms with Crippen molar-refractivity contribution in [1.82, 2.24) is 4.98 Å². The molecule has 0 aliphatic heterocycles. The van der Waals surface area contributed by atoms with Gasteiger partial charge in [0.2, 0.25) is 5.91 Å². The van der Waals surface area contributed by atoms with Crippen LogP contribution in [0.5, 0.6) is 0 Å². The van der Waals surface area contributed by atoms with Gasteiger partial charge in [-0.05, 0) is 12.1 Å². The van der Waals surface area contributed by atoms with Gasteiger partial charge in [-0.2, -0.15) is 0 Å². The topological polar surface area (TPSA) is 54.0 Å². The molecule has 0 unspecified atom stereocenters. The molecule has 1 heterocycles. The minimum atomic E-state index is -0.808. The summed E-state index contributed by atoms with van der Waals surface area (Å²) in [5, 5.41) is 7.22. The zero-order valence-corrected chi connectivity index (χ0v) is 9.93. The summed E-state index contributed by atoms with van der Waals surface area (Å²) in [7, 11) is 0. The van der Waals surface area contributed by atoms with Crippen LogP contribution >= 0.6 is 11.3 Å². The smallest absolute Gasteiger partial charge is 0.243 e. The summed E-state index contributed by atoms with van der Waals surface area (Å²) in [5.41, 5.74) is -0.441. The molecule has 0 radical (unpaired) electrons. The molecule has 4 nitrogen and oxygen atoms in total. The Hall–Kier alpha value is -2.02. The molecular formula is C11H9F2N3OS. The summed E-state index contributed by atoms with van der Waals surface area (Å²) in [6, 6.07) is 3.38. The standard InChI is InChI=1S/C11H9F2N3OS/c12-7-2-1-3-8(13)10(7)16-9(17)6-15-11-14-4-5-18-11/h1-5H,6H2,(H,14,15)(H,16,17). The van der Waals surface area contributed by atoms with E-state index in [9.17, 15) is 13.6 Å². The third-order valence-electron chi connectivity index (χ3n) is 2.06. The summed E-state index contributed by atoms with van der Waals surface area (Å²) in [5.74, 6) is -2.16. The maximum atomic E-state index is 13.2. The summed E-state index contributed by atoms with van der Waals surface area (Å²) in [6.07, 6.45) is 1.58. The van der Waals surface area contributed by atoms with Gasteiger partial charge in [-0.25, -0.2) is 13.8 Å². The average Bonchev–Trinajstić information content (AvgIpc) is 2.84. The zero-order valence-electron chi connectivity index (χ0n) is 9.11. The van der Waals surface area contributed by atoms with Crippen LogP contribution in [0.15, 0.2) is 29.8 Å². The third kappa shape index (κ3) is 3.01. The number of nitrogens with one attached hydrogen (secondary N) is 2. The van der Waals surface area contributed by atoms with E-state index < -0.39 is 23.2 Å². The number of carbonyl (C=O) groups excluding carboxylic acids is 1. The maximum absolute atomic E-state index is 13.2. The highest BCUT2D eigenvalue weighted by Gasteiger charge is 2.11. The number of halogens is 2. The van der Waals surface area contributed by atoms with Gasteiger partial charge in [0.15, 0.2) is 5.13 Å². The fourth-order valence-corrected chi connectivity index (χ4v) is 1.80. The second-order valence-electron chi connectivity index (χ2n) is 3.34. The number of benzene rings is 1. The fourth-order valence-electron chi connectivity index (χ4n) is 1.27. The van der Waals surface area contributed by atoms with Crippen LogP contribution in [-0.2, 0) is 4.79 Å². The van der Waals surface area contributed by atoms with E-state index in [1.54, 1.807) is 11.6 Å². The summed E-state index contributed by atoms with van der Waals surface area (Å²) in [4.78, 5) is 15.4. The first-order valence-corrected chi connectivity index (χ1v) is 5.92. The second kappa shape index (κ2) is 5.54. The molecule has 0 aliphatic carbocycles. The molecule has 0 saturated heterocycles. The largest absolute Gasteiger partial charge is 0.352 e. The van der Waals surface area contributed by atoms with Gasteiger partial charge < -0.3 is 10.6 Å². The molecule has 2 rings (SSSR count). The Bertz CT molecular complexity index is 525. The summed E-state index contributed by atoms with van der Waals surface area (Å²) >= 11 is 1.33. The lowest BCUT2D eigenvalue weighted by Gasteiger charge is -2.07. The molecule has 0 saturated carbocycles. The van der Waals surface area contributed by atoms with Crippen LogP contribution < -0.4 is 10.6 Å². The van der Waals surface area contributed by atoms with E-state index in [1.165, 1.54) is 17.4 Å². The van der Waals surface area contributed by atoms with Crippen LogP contribution in [0, 0.1) is 11.6 Å².